The van der Waals surface area contributed by atoms with Crippen molar-refractivity contribution in [2.75, 3.05) is 6.54 Å². The van der Waals surface area contributed by atoms with Crippen LogP contribution in [-0.2, 0) is 14.3 Å². The number of carbonyl (C=O) groups excluding carboxylic acids is 3. The molecule has 2 rings (SSSR count). The Bertz CT molecular complexity index is 831. The van der Waals surface area contributed by atoms with E-state index in [1.165, 1.54) is 30.3 Å². The molecule has 0 spiro atoms. The van der Waals surface area contributed by atoms with Crippen molar-refractivity contribution in [2.24, 2.45) is 0 Å². The molecule has 0 aliphatic heterocycles. The van der Waals surface area contributed by atoms with Gasteiger partial charge in [-0.1, -0.05) is 55.3 Å². The maximum atomic E-state index is 12.7. The first-order chi connectivity index (χ1) is 13.5. The van der Waals surface area contributed by atoms with E-state index in [0.717, 1.165) is 18.4 Å². The Labute approximate surface area is 169 Å². The van der Waals surface area contributed by atoms with Gasteiger partial charge in [0.1, 0.15) is 0 Å². The van der Waals surface area contributed by atoms with Crippen LogP contribution in [0.15, 0.2) is 60.7 Å². The zero-order chi connectivity index (χ0) is 20.4. The molecule has 1 N–H and O–H groups in total. The highest BCUT2D eigenvalue weighted by Crippen LogP contribution is 2.13. The number of benzene rings is 2. The highest BCUT2D eigenvalue weighted by molar-refractivity contribution is 6.30. The molecular formula is C22H22ClNO4. The van der Waals surface area contributed by atoms with Crippen LogP contribution in [0.2, 0.25) is 5.02 Å². The van der Waals surface area contributed by atoms with Crippen LogP contribution in [0, 0.1) is 0 Å². The maximum absolute atomic E-state index is 12.7. The Kier molecular flexibility index (Phi) is 8.43. The van der Waals surface area contributed by atoms with Gasteiger partial charge in [-0.25, -0.2) is 4.79 Å². The first-order valence-electron chi connectivity index (χ1n) is 9.02. The number of halogens is 1. The Balaban J connectivity index is 2.13. The molecule has 0 saturated heterocycles. The smallest absolute Gasteiger partial charge is 0.332 e. The zero-order valence-electron chi connectivity index (χ0n) is 15.6. The van der Waals surface area contributed by atoms with Gasteiger partial charge in [-0.05, 0) is 42.3 Å². The minimum absolute atomic E-state index is 0.236. The summed E-state index contributed by atoms with van der Waals surface area (Å²) in [4.78, 5) is 37.4. The van der Waals surface area contributed by atoms with Gasteiger partial charge in [-0.15, -0.1) is 0 Å². The van der Waals surface area contributed by atoms with Gasteiger partial charge in [0.15, 0.2) is 0 Å². The van der Waals surface area contributed by atoms with Gasteiger partial charge in [-0.3, -0.25) is 9.59 Å². The third kappa shape index (κ3) is 6.67. The van der Waals surface area contributed by atoms with Crippen LogP contribution in [0.5, 0.6) is 0 Å². The summed E-state index contributed by atoms with van der Waals surface area (Å²) in [6, 6.07) is 15.2. The van der Waals surface area contributed by atoms with Gasteiger partial charge in [0.25, 0.3) is 5.91 Å². The van der Waals surface area contributed by atoms with Gasteiger partial charge in [0.2, 0.25) is 11.9 Å². The maximum Gasteiger partial charge on any atom is 0.332 e. The topological polar surface area (TPSA) is 72.5 Å². The van der Waals surface area contributed by atoms with Gasteiger partial charge in [0.05, 0.1) is 0 Å². The van der Waals surface area contributed by atoms with Crippen molar-refractivity contribution in [2.45, 2.75) is 25.9 Å². The number of Topliss-reactive ketones (excluding diaryl/α,β-unsaturated/α-hetero) is 1. The van der Waals surface area contributed by atoms with Crippen LogP contribution in [-0.4, -0.2) is 30.3 Å². The number of esters is 1. The van der Waals surface area contributed by atoms with E-state index in [9.17, 15) is 14.4 Å². The molecule has 2 aromatic rings. The van der Waals surface area contributed by atoms with Crippen molar-refractivity contribution in [3.05, 3.63) is 76.8 Å². The van der Waals surface area contributed by atoms with Crippen molar-refractivity contribution >= 4 is 35.3 Å². The van der Waals surface area contributed by atoms with Crippen molar-refractivity contribution in [3.8, 4) is 0 Å². The number of carbonyl (C=O) groups is 3. The summed E-state index contributed by atoms with van der Waals surface area (Å²) >= 11 is 5.84. The first kappa shape index (κ1) is 21.4. The van der Waals surface area contributed by atoms with E-state index >= 15 is 0 Å². The van der Waals surface area contributed by atoms with Crippen LogP contribution in [0.4, 0.5) is 0 Å². The van der Waals surface area contributed by atoms with Crippen molar-refractivity contribution in [1.82, 2.24) is 5.32 Å². The lowest BCUT2D eigenvalue weighted by Gasteiger charge is -2.16. The number of ether oxygens (including phenoxy) is 1. The Morgan fingerprint density at radius 3 is 2.39 bits per heavy atom. The molecule has 0 heterocycles. The second-order valence-electron chi connectivity index (χ2n) is 6.08. The van der Waals surface area contributed by atoms with Crippen molar-refractivity contribution in [3.63, 3.8) is 0 Å². The van der Waals surface area contributed by atoms with Gasteiger partial charge >= 0.3 is 5.97 Å². The fraction of sp³-hybridized carbons (Fsp3) is 0.227. The minimum Gasteiger partial charge on any atom is -0.441 e. The van der Waals surface area contributed by atoms with E-state index < -0.39 is 23.8 Å². The predicted molar refractivity (Wildman–Crippen MR) is 109 cm³/mol. The lowest BCUT2D eigenvalue weighted by Crippen LogP contribution is -2.43. The van der Waals surface area contributed by atoms with E-state index in [-0.39, 0.29) is 5.56 Å². The summed E-state index contributed by atoms with van der Waals surface area (Å²) in [5.74, 6) is -2.02. The molecule has 0 bridgehead atoms. The third-order valence-corrected chi connectivity index (χ3v) is 4.13. The summed E-state index contributed by atoms with van der Waals surface area (Å²) in [7, 11) is 0. The van der Waals surface area contributed by atoms with E-state index in [4.69, 9.17) is 16.3 Å². The van der Waals surface area contributed by atoms with Crippen LogP contribution >= 0.6 is 11.6 Å². The van der Waals surface area contributed by atoms with E-state index in [1.807, 2.05) is 37.3 Å². The minimum atomic E-state index is -1.56. The summed E-state index contributed by atoms with van der Waals surface area (Å²) in [6.45, 7) is 2.38. The summed E-state index contributed by atoms with van der Waals surface area (Å²) in [6.07, 6.45) is 2.83. The van der Waals surface area contributed by atoms with E-state index in [0.29, 0.717) is 11.6 Å². The van der Waals surface area contributed by atoms with Crippen LogP contribution < -0.4 is 5.32 Å². The number of unbranched alkanes of at least 4 members (excludes halogenated alkanes) is 1. The fourth-order valence-corrected chi connectivity index (χ4v) is 2.48. The Hall–Kier alpha value is -2.92. The molecule has 28 heavy (non-hydrogen) atoms. The number of amides is 1. The molecule has 2 aromatic carbocycles. The van der Waals surface area contributed by atoms with E-state index in [2.05, 4.69) is 5.32 Å². The molecule has 5 nitrogen and oxygen atoms in total. The second-order valence-corrected chi connectivity index (χ2v) is 6.51. The molecular weight excluding hydrogens is 378 g/mol. The molecule has 0 radical (unpaired) electrons. The normalized spacial score (nSPS) is 11.8. The monoisotopic (exact) mass is 399 g/mol. The number of hydrogen-bond acceptors (Lipinski definition) is 4. The lowest BCUT2D eigenvalue weighted by atomic mass is 10.1. The molecule has 0 aliphatic rings. The van der Waals surface area contributed by atoms with Crippen LogP contribution in [0.3, 0.4) is 0 Å². The quantitative estimate of drug-likeness (QED) is 0.227. The third-order valence-electron chi connectivity index (χ3n) is 3.88. The fourth-order valence-electron chi connectivity index (χ4n) is 2.36. The Morgan fingerprint density at radius 1 is 1.07 bits per heavy atom. The van der Waals surface area contributed by atoms with Crippen LogP contribution in [0.25, 0.3) is 6.08 Å². The highest BCUT2D eigenvalue weighted by Gasteiger charge is 2.30. The largest absolute Gasteiger partial charge is 0.441 e. The Morgan fingerprint density at radius 2 is 1.75 bits per heavy atom. The highest BCUT2D eigenvalue weighted by atomic mass is 35.5. The summed E-state index contributed by atoms with van der Waals surface area (Å²) in [5, 5.41) is 3.10. The molecule has 1 atom stereocenters. The molecule has 0 aromatic heterocycles. The zero-order valence-corrected chi connectivity index (χ0v) is 16.3. The van der Waals surface area contributed by atoms with Gasteiger partial charge in [-0.2, -0.15) is 0 Å². The first-order valence-corrected chi connectivity index (χ1v) is 9.40. The second kappa shape index (κ2) is 11.0. The van der Waals surface area contributed by atoms with Crippen molar-refractivity contribution in [1.29, 1.82) is 0 Å². The molecule has 1 amide bonds. The van der Waals surface area contributed by atoms with Gasteiger partial charge in [0, 0.05) is 23.2 Å². The average molecular weight is 400 g/mol. The SMILES string of the molecule is CCCCNC(=O)C(OC(=O)/C=C/c1ccccc1)C(=O)c1ccc(Cl)cc1. The predicted octanol–water partition coefficient (Wildman–Crippen LogP) is 4.06. The number of rotatable bonds is 9. The lowest BCUT2D eigenvalue weighted by molar-refractivity contribution is -0.148. The standard InChI is InChI=1S/C22H22ClNO4/c1-2-3-15-24-22(27)21(20(26)17-10-12-18(23)13-11-17)28-19(25)14-9-16-7-5-4-6-8-16/h4-14,21H,2-3,15H2,1H3,(H,24,27)/b14-9+. The van der Waals surface area contributed by atoms with Gasteiger partial charge < -0.3 is 10.1 Å². The van der Waals surface area contributed by atoms with E-state index in [1.54, 1.807) is 6.08 Å². The molecule has 1 unspecified atom stereocenters. The summed E-state index contributed by atoms with van der Waals surface area (Å²) in [5.41, 5.74) is 1.03. The molecule has 0 aliphatic carbocycles. The molecule has 6 heteroatoms. The number of hydrogen-bond donors (Lipinski definition) is 1. The van der Waals surface area contributed by atoms with Crippen LogP contribution in [0.1, 0.15) is 35.7 Å². The van der Waals surface area contributed by atoms with Crippen molar-refractivity contribution < 1.29 is 19.1 Å². The summed E-state index contributed by atoms with van der Waals surface area (Å²) < 4.78 is 5.19. The molecule has 0 fully saturated rings. The molecule has 146 valence electrons. The average Bonchev–Trinajstić information content (AvgIpc) is 2.71. The number of ketones is 1. The molecule has 0 saturated carbocycles. The number of nitrogens with one attached hydrogen (secondary N) is 1.